The number of nitrogens with zero attached hydrogens (tertiary/aromatic N) is 1. The van der Waals surface area contributed by atoms with Crippen LogP contribution in [0.3, 0.4) is 0 Å². The molecule has 0 aromatic rings. The van der Waals surface area contributed by atoms with Crippen LogP contribution in [-0.2, 0) is 9.53 Å². The number of hydrazone groups is 1. The van der Waals surface area contributed by atoms with Gasteiger partial charge in [0.25, 0.3) is 6.47 Å². The van der Waals surface area contributed by atoms with Gasteiger partial charge in [-0.2, -0.15) is 18.3 Å². The van der Waals surface area contributed by atoms with Gasteiger partial charge >= 0.3 is 6.18 Å². The molecule has 0 aliphatic carbocycles. The van der Waals surface area contributed by atoms with Gasteiger partial charge in [-0.3, -0.25) is 4.79 Å². The lowest BCUT2D eigenvalue weighted by Crippen LogP contribution is -2.17. The van der Waals surface area contributed by atoms with Gasteiger partial charge in [0.2, 0.25) is 0 Å². The molecule has 0 aromatic heterocycles. The van der Waals surface area contributed by atoms with Crippen molar-refractivity contribution in [2.45, 2.75) is 32.5 Å². The van der Waals surface area contributed by atoms with Crippen molar-refractivity contribution in [2.24, 2.45) is 10.9 Å². The van der Waals surface area contributed by atoms with Crippen LogP contribution in [0.2, 0.25) is 0 Å². The number of hydrogen-bond acceptors (Lipinski definition) is 4. The third kappa shape index (κ3) is 22.4. The lowest BCUT2D eigenvalue weighted by atomic mass is 10.2. The first kappa shape index (κ1) is 15.2. The van der Waals surface area contributed by atoms with Crippen molar-refractivity contribution in [3.63, 3.8) is 0 Å². The van der Waals surface area contributed by atoms with Gasteiger partial charge in [-0.05, 0) is 20.8 Å². The van der Waals surface area contributed by atoms with Crippen LogP contribution in [0.1, 0.15) is 20.8 Å². The van der Waals surface area contributed by atoms with E-state index in [1.54, 1.807) is 0 Å². The molecule has 0 aliphatic heterocycles. The number of carbonyl (C=O) groups is 1. The van der Waals surface area contributed by atoms with Crippen molar-refractivity contribution >= 4 is 12.7 Å². The zero-order chi connectivity index (χ0) is 11.8. The molecule has 0 aliphatic rings. The Morgan fingerprint density at radius 1 is 1.29 bits per heavy atom. The van der Waals surface area contributed by atoms with E-state index in [1.807, 2.05) is 20.8 Å². The van der Waals surface area contributed by atoms with Gasteiger partial charge in [0.1, 0.15) is 11.8 Å². The predicted molar refractivity (Wildman–Crippen MR) is 45.6 cm³/mol. The summed E-state index contributed by atoms with van der Waals surface area (Å²) in [6, 6.07) is 0. The average Bonchev–Trinajstić information content (AvgIpc) is 1.81. The Balaban J connectivity index is 0. The van der Waals surface area contributed by atoms with Crippen LogP contribution >= 0.6 is 0 Å². The van der Waals surface area contributed by atoms with Crippen LogP contribution in [-0.4, -0.2) is 24.5 Å². The van der Waals surface area contributed by atoms with Gasteiger partial charge in [0.15, 0.2) is 0 Å². The average molecular weight is 214 g/mol. The Hall–Kier alpha value is -1.27. The van der Waals surface area contributed by atoms with E-state index in [-0.39, 0.29) is 11.8 Å². The molecule has 0 saturated carbocycles. The highest BCUT2D eigenvalue weighted by Crippen LogP contribution is 2.09. The largest absolute Gasteiger partial charge is 0.462 e. The summed E-state index contributed by atoms with van der Waals surface area (Å²) in [6.45, 7) is 5.92. The molecule has 2 N–H and O–H groups in total. The van der Waals surface area contributed by atoms with E-state index in [9.17, 15) is 18.0 Å². The van der Waals surface area contributed by atoms with E-state index < -0.39 is 6.18 Å². The Morgan fingerprint density at radius 3 is 1.71 bits per heavy atom. The molecule has 4 nitrogen and oxygen atoms in total. The topological polar surface area (TPSA) is 64.7 Å². The normalized spacial score (nSPS) is 11.9. The van der Waals surface area contributed by atoms with Crippen LogP contribution in [0.15, 0.2) is 5.10 Å². The van der Waals surface area contributed by atoms with Crippen molar-refractivity contribution < 1.29 is 22.7 Å². The first-order chi connectivity index (χ1) is 6.12. The lowest BCUT2D eigenvalue weighted by molar-refractivity contribution is -0.138. The number of ether oxygens (including phenoxy) is 1. The Labute approximate surface area is 79.9 Å². The molecule has 0 amide bonds. The molecule has 0 aromatic carbocycles. The molecule has 0 radical (unpaired) electrons. The molecular formula is C7H13F3N2O2. The van der Waals surface area contributed by atoms with E-state index >= 15 is 0 Å². The summed E-state index contributed by atoms with van der Waals surface area (Å²) >= 11 is 0. The quantitative estimate of drug-likeness (QED) is 0.311. The molecule has 0 saturated heterocycles. The number of halogens is 3. The Morgan fingerprint density at radius 2 is 1.71 bits per heavy atom. The molecule has 0 atom stereocenters. The van der Waals surface area contributed by atoms with E-state index in [2.05, 4.69) is 15.7 Å². The molecule has 14 heavy (non-hydrogen) atoms. The lowest BCUT2D eigenvalue weighted by Gasteiger charge is -2.14. The van der Waals surface area contributed by atoms with E-state index in [1.165, 1.54) is 0 Å². The number of alkyl halides is 3. The van der Waals surface area contributed by atoms with Crippen molar-refractivity contribution in [1.82, 2.24) is 0 Å². The SMILES string of the molecule is CC(C)(C)OC=O.N/N=C/C(F)(F)F. The van der Waals surface area contributed by atoms with Crippen LogP contribution in [0, 0.1) is 0 Å². The number of nitrogens with two attached hydrogens (primary N) is 1. The third-order valence-electron chi connectivity index (χ3n) is 0.623. The fourth-order valence-electron chi connectivity index (χ4n) is 0.229. The summed E-state index contributed by atoms with van der Waals surface area (Å²) < 4.78 is 37.0. The van der Waals surface area contributed by atoms with Gasteiger partial charge in [-0.15, -0.1) is 0 Å². The maximum Gasteiger partial charge on any atom is 0.428 e. The van der Waals surface area contributed by atoms with E-state index in [4.69, 9.17) is 0 Å². The molecule has 7 heteroatoms. The monoisotopic (exact) mass is 214 g/mol. The van der Waals surface area contributed by atoms with Crippen LogP contribution < -0.4 is 5.84 Å². The maximum atomic E-state index is 10.8. The van der Waals surface area contributed by atoms with E-state index in [0.717, 1.165) is 0 Å². The summed E-state index contributed by atoms with van der Waals surface area (Å²) in [5.41, 5.74) is -0.318. The molecule has 84 valence electrons. The number of rotatable bonds is 1. The highest BCUT2D eigenvalue weighted by atomic mass is 19.4. The standard InChI is InChI=1S/C5H10O2.C2H3F3N2/c1-5(2,3)7-4-6;3-2(4,5)1-7-6/h4H,1-3H3;1H,6H2/b;7-1+. The van der Waals surface area contributed by atoms with Gasteiger partial charge < -0.3 is 10.6 Å². The predicted octanol–water partition coefficient (Wildman–Crippen LogP) is 1.45. The first-order valence-corrected chi connectivity index (χ1v) is 3.55. The highest BCUT2D eigenvalue weighted by molar-refractivity contribution is 5.63. The minimum atomic E-state index is -4.37. The van der Waals surface area contributed by atoms with Crippen molar-refractivity contribution in [3.05, 3.63) is 0 Å². The molecule has 0 spiro atoms. The first-order valence-electron chi connectivity index (χ1n) is 3.55. The Bertz CT molecular complexity index is 184. The number of carbonyl (C=O) groups excluding carboxylic acids is 1. The third-order valence-corrected chi connectivity index (χ3v) is 0.623. The molecule has 0 bridgehead atoms. The molecular weight excluding hydrogens is 201 g/mol. The summed E-state index contributed by atoms with van der Waals surface area (Å²) in [6.07, 6.45) is -4.65. The minimum Gasteiger partial charge on any atom is -0.462 e. The van der Waals surface area contributed by atoms with Crippen molar-refractivity contribution in [1.29, 1.82) is 0 Å². The Kier molecular flexibility index (Phi) is 6.76. The van der Waals surface area contributed by atoms with E-state index in [0.29, 0.717) is 6.47 Å². The summed E-state index contributed by atoms with van der Waals surface area (Å²) in [7, 11) is 0. The van der Waals surface area contributed by atoms with Crippen LogP contribution in [0.25, 0.3) is 0 Å². The second-order valence-electron chi connectivity index (χ2n) is 3.15. The molecule has 0 heterocycles. The summed E-state index contributed by atoms with van der Waals surface area (Å²) in [5.74, 6) is 4.16. The zero-order valence-corrected chi connectivity index (χ0v) is 8.13. The zero-order valence-electron chi connectivity index (χ0n) is 8.13. The summed E-state index contributed by atoms with van der Waals surface area (Å²) in [4.78, 5) is 9.60. The highest BCUT2D eigenvalue weighted by Gasteiger charge is 2.23. The van der Waals surface area contributed by atoms with Crippen LogP contribution in [0.5, 0.6) is 0 Å². The van der Waals surface area contributed by atoms with Gasteiger partial charge in [-0.25, -0.2) is 0 Å². The smallest absolute Gasteiger partial charge is 0.428 e. The van der Waals surface area contributed by atoms with Crippen LogP contribution in [0.4, 0.5) is 13.2 Å². The molecule has 0 fully saturated rings. The number of hydrogen-bond donors (Lipinski definition) is 1. The minimum absolute atomic E-state index is 0.285. The molecule has 0 unspecified atom stereocenters. The van der Waals surface area contributed by atoms with Gasteiger partial charge in [0.05, 0.1) is 0 Å². The fraction of sp³-hybridized carbons (Fsp3) is 0.714. The maximum absolute atomic E-state index is 10.8. The second kappa shape index (κ2) is 6.22. The molecule has 0 rings (SSSR count). The van der Waals surface area contributed by atoms with Gasteiger partial charge in [-0.1, -0.05) is 0 Å². The second-order valence-corrected chi connectivity index (χ2v) is 3.15. The summed E-state index contributed by atoms with van der Waals surface area (Å²) in [5, 5.41) is 2.26. The van der Waals surface area contributed by atoms with Crippen molar-refractivity contribution in [3.8, 4) is 0 Å². The van der Waals surface area contributed by atoms with Crippen molar-refractivity contribution in [2.75, 3.05) is 0 Å². The van der Waals surface area contributed by atoms with Gasteiger partial charge in [0, 0.05) is 0 Å². The fourth-order valence-corrected chi connectivity index (χ4v) is 0.229.